The van der Waals surface area contributed by atoms with Gasteiger partial charge in [0, 0.05) is 22.7 Å². The number of aliphatic carboxylic acids is 1. The molecule has 2 aromatic carbocycles. The predicted molar refractivity (Wildman–Crippen MR) is 88.0 cm³/mol. The molecule has 8 nitrogen and oxygen atoms in total. The van der Waals surface area contributed by atoms with Gasteiger partial charge in [-0.3, -0.25) is 24.5 Å². The number of hydroxylamine groups is 2. The summed E-state index contributed by atoms with van der Waals surface area (Å²) in [5.41, 5.74) is 0.540. The Morgan fingerprint density at radius 2 is 1.88 bits per heavy atom. The van der Waals surface area contributed by atoms with E-state index in [0.717, 1.165) is 12.1 Å². The molecule has 1 amide bonds. The van der Waals surface area contributed by atoms with Crippen molar-refractivity contribution in [2.75, 3.05) is 6.54 Å². The maximum atomic E-state index is 12.4. The minimum Gasteiger partial charge on any atom is -0.480 e. The van der Waals surface area contributed by atoms with Crippen molar-refractivity contribution in [3.8, 4) is 0 Å². The van der Waals surface area contributed by atoms with E-state index in [1.54, 1.807) is 24.3 Å². The third-order valence-corrected chi connectivity index (χ3v) is 3.34. The van der Waals surface area contributed by atoms with Crippen LogP contribution >= 0.6 is 11.6 Å². The summed E-state index contributed by atoms with van der Waals surface area (Å²) < 4.78 is 0. The topological polar surface area (TPSA) is 110 Å². The third kappa shape index (κ3) is 5.27. The zero-order valence-corrected chi connectivity index (χ0v) is 13.5. The Labute approximate surface area is 147 Å². The number of benzene rings is 2. The number of hydrogen-bond donors (Lipinski definition) is 1. The fraction of sp³-hybridized carbons (Fsp3) is 0.125. The number of carboxylic acids is 1. The molecule has 0 unspecified atom stereocenters. The fourth-order valence-corrected chi connectivity index (χ4v) is 2.16. The van der Waals surface area contributed by atoms with Gasteiger partial charge in [-0.15, -0.1) is 0 Å². The van der Waals surface area contributed by atoms with Crippen molar-refractivity contribution in [1.29, 1.82) is 0 Å². The molecule has 9 heteroatoms. The second-order valence-electron chi connectivity index (χ2n) is 4.94. The molecule has 0 radical (unpaired) electrons. The molecule has 0 aromatic heterocycles. The quantitative estimate of drug-likeness (QED) is 0.597. The van der Waals surface area contributed by atoms with Crippen LogP contribution in [0.3, 0.4) is 0 Å². The highest BCUT2D eigenvalue weighted by Crippen LogP contribution is 2.16. The van der Waals surface area contributed by atoms with Gasteiger partial charge in [-0.1, -0.05) is 23.7 Å². The monoisotopic (exact) mass is 364 g/mol. The molecule has 0 aliphatic carbocycles. The molecule has 0 saturated carbocycles. The predicted octanol–water partition coefficient (Wildman–Crippen LogP) is 2.91. The van der Waals surface area contributed by atoms with Crippen LogP contribution in [0.1, 0.15) is 15.9 Å². The Hall–Kier alpha value is -2.97. The number of non-ortho nitro benzene ring substituents is 1. The molecule has 25 heavy (non-hydrogen) atoms. The summed E-state index contributed by atoms with van der Waals surface area (Å²) in [6.07, 6.45) is 0. The van der Waals surface area contributed by atoms with E-state index in [1.807, 2.05) is 0 Å². The Morgan fingerprint density at radius 1 is 1.20 bits per heavy atom. The van der Waals surface area contributed by atoms with Crippen LogP contribution in [-0.2, 0) is 16.2 Å². The molecule has 130 valence electrons. The molecule has 0 spiro atoms. The van der Waals surface area contributed by atoms with Crippen molar-refractivity contribution in [1.82, 2.24) is 5.06 Å². The van der Waals surface area contributed by atoms with Gasteiger partial charge in [0.1, 0.15) is 13.2 Å². The van der Waals surface area contributed by atoms with Gasteiger partial charge in [-0.25, -0.2) is 5.06 Å². The van der Waals surface area contributed by atoms with Crippen LogP contribution in [0.4, 0.5) is 5.69 Å². The van der Waals surface area contributed by atoms with Crippen LogP contribution in [0.15, 0.2) is 48.5 Å². The lowest BCUT2D eigenvalue weighted by Gasteiger charge is -2.20. The second kappa shape index (κ2) is 8.22. The van der Waals surface area contributed by atoms with Gasteiger partial charge in [-0.05, 0) is 29.8 Å². The van der Waals surface area contributed by atoms with Gasteiger partial charge < -0.3 is 5.11 Å². The molecule has 0 bridgehead atoms. The van der Waals surface area contributed by atoms with Gasteiger partial charge in [0.15, 0.2) is 0 Å². The van der Waals surface area contributed by atoms with Gasteiger partial charge in [0.05, 0.1) is 4.92 Å². The van der Waals surface area contributed by atoms with Crippen LogP contribution in [-0.4, -0.2) is 33.5 Å². The minimum absolute atomic E-state index is 0.0629. The Morgan fingerprint density at radius 3 is 2.44 bits per heavy atom. The van der Waals surface area contributed by atoms with E-state index in [9.17, 15) is 19.7 Å². The average molecular weight is 365 g/mol. The number of carboxylic acid groups (broad SMARTS) is 1. The maximum Gasteiger partial charge on any atom is 0.325 e. The van der Waals surface area contributed by atoms with Crippen molar-refractivity contribution in [3.05, 3.63) is 74.8 Å². The number of halogens is 1. The maximum absolute atomic E-state index is 12.4. The van der Waals surface area contributed by atoms with Crippen LogP contribution in [0.25, 0.3) is 0 Å². The minimum atomic E-state index is -1.26. The van der Waals surface area contributed by atoms with E-state index in [0.29, 0.717) is 15.6 Å². The number of amides is 1. The summed E-state index contributed by atoms with van der Waals surface area (Å²) in [4.78, 5) is 38.7. The van der Waals surface area contributed by atoms with Crippen molar-refractivity contribution in [3.63, 3.8) is 0 Å². The van der Waals surface area contributed by atoms with Gasteiger partial charge >= 0.3 is 5.97 Å². The molecule has 1 N–H and O–H groups in total. The molecule has 0 saturated heterocycles. The molecular formula is C16H13ClN2O6. The van der Waals surface area contributed by atoms with Crippen LogP contribution in [0, 0.1) is 10.1 Å². The smallest absolute Gasteiger partial charge is 0.325 e. The molecule has 2 rings (SSSR count). The normalized spacial score (nSPS) is 10.3. The summed E-state index contributed by atoms with van der Waals surface area (Å²) >= 11 is 5.86. The first-order valence-corrected chi connectivity index (χ1v) is 7.40. The van der Waals surface area contributed by atoms with Crippen molar-refractivity contribution in [2.24, 2.45) is 0 Å². The molecule has 0 aliphatic rings. The molecule has 0 aliphatic heterocycles. The highest BCUT2D eigenvalue weighted by molar-refractivity contribution is 6.30. The van der Waals surface area contributed by atoms with Crippen LogP contribution in [0.2, 0.25) is 5.02 Å². The number of nitrogens with zero attached hydrogens (tertiary/aromatic N) is 2. The number of nitro benzene ring substituents is 1. The first kappa shape index (κ1) is 18.4. The number of hydrogen-bond acceptors (Lipinski definition) is 5. The summed E-state index contributed by atoms with van der Waals surface area (Å²) in [7, 11) is 0. The van der Waals surface area contributed by atoms with E-state index in [1.165, 1.54) is 12.1 Å². The summed E-state index contributed by atoms with van der Waals surface area (Å²) in [5, 5.41) is 20.8. The fourth-order valence-electron chi connectivity index (χ4n) is 1.95. The van der Waals surface area contributed by atoms with Gasteiger partial charge in [0.2, 0.25) is 0 Å². The zero-order chi connectivity index (χ0) is 18.4. The van der Waals surface area contributed by atoms with E-state index in [-0.39, 0.29) is 17.9 Å². The summed E-state index contributed by atoms with van der Waals surface area (Å²) in [6.45, 7) is -0.747. The standard InChI is InChI=1S/C16H13ClN2O6/c17-13-3-1-2-11(8-13)10-25-18(9-15(20)21)16(22)12-4-6-14(7-5-12)19(23)24/h1-8H,9-10H2,(H,20,21). The van der Waals surface area contributed by atoms with E-state index in [2.05, 4.69) is 0 Å². The highest BCUT2D eigenvalue weighted by Gasteiger charge is 2.20. The second-order valence-corrected chi connectivity index (χ2v) is 5.38. The van der Waals surface area contributed by atoms with Gasteiger partial charge in [0.25, 0.3) is 11.6 Å². The van der Waals surface area contributed by atoms with Gasteiger partial charge in [-0.2, -0.15) is 0 Å². The molecule has 0 fully saturated rings. The number of carbonyl (C=O) groups is 2. The van der Waals surface area contributed by atoms with Crippen molar-refractivity contribution in [2.45, 2.75) is 6.61 Å². The lowest BCUT2D eigenvalue weighted by molar-refractivity contribution is -0.384. The van der Waals surface area contributed by atoms with Crippen LogP contribution < -0.4 is 0 Å². The molecular weight excluding hydrogens is 352 g/mol. The van der Waals surface area contributed by atoms with E-state index in [4.69, 9.17) is 21.5 Å². The zero-order valence-electron chi connectivity index (χ0n) is 12.8. The number of carbonyl (C=O) groups excluding carboxylic acids is 1. The number of rotatable bonds is 7. The largest absolute Gasteiger partial charge is 0.480 e. The number of nitro groups is 1. The first-order valence-electron chi connectivity index (χ1n) is 7.02. The molecule has 0 atom stereocenters. The van der Waals surface area contributed by atoms with Crippen molar-refractivity contribution < 1.29 is 24.5 Å². The Kier molecular flexibility index (Phi) is 6.04. The van der Waals surface area contributed by atoms with E-state index < -0.39 is 23.3 Å². The lowest BCUT2D eigenvalue weighted by Crippen LogP contribution is -2.35. The summed E-state index contributed by atoms with van der Waals surface area (Å²) in [6, 6.07) is 11.5. The lowest BCUT2D eigenvalue weighted by atomic mass is 10.2. The highest BCUT2D eigenvalue weighted by atomic mass is 35.5. The Balaban J connectivity index is 2.13. The summed E-state index contributed by atoms with van der Waals surface area (Å²) in [5.74, 6) is -1.99. The third-order valence-electron chi connectivity index (χ3n) is 3.11. The Bertz CT molecular complexity index is 793. The molecule has 0 heterocycles. The molecule has 2 aromatic rings. The van der Waals surface area contributed by atoms with Crippen molar-refractivity contribution >= 4 is 29.2 Å². The average Bonchev–Trinajstić information content (AvgIpc) is 2.58. The van der Waals surface area contributed by atoms with Crippen LogP contribution in [0.5, 0.6) is 0 Å². The van der Waals surface area contributed by atoms with E-state index >= 15 is 0 Å². The SMILES string of the molecule is O=C(O)CN(OCc1cccc(Cl)c1)C(=O)c1ccc([N+](=O)[O-])cc1. The first-order chi connectivity index (χ1) is 11.9.